The third-order valence-corrected chi connectivity index (χ3v) is 5.88. The van der Waals surface area contributed by atoms with Crippen LogP contribution in [0.4, 0.5) is 0 Å². The quantitative estimate of drug-likeness (QED) is 0.653. The van der Waals surface area contributed by atoms with Crippen molar-refractivity contribution in [2.45, 2.75) is 37.9 Å². The number of carbonyl (C=O) groups excluding carboxylic acids is 1. The molecule has 3 rings (SSSR count). The molecule has 1 aromatic heterocycles. The molecule has 2 aromatic rings. The van der Waals surface area contributed by atoms with Gasteiger partial charge in [-0.25, -0.2) is 4.79 Å². The van der Waals surface area contributed by atoms with Crippen molar-refractivity contribution < 1.29 is 24.6 Å². The number of carboxylic acid groups (broad SMARTS) is 2. The highest BCUT2D eigenvalue weighted by Crippen LogP contribution is 2.33. The smallest absolute Gasteiger partial charge is 0.331 e. The molecule has 3 unspecified atom stereocenters. The van der Waals surface area contributed by atoms with Crippen molar-refractivity contribution in [3.8, 4) is 0 Å². The first kappa shape index (κ1) is 20.0. The van der Waals surface area contributed by atoms with Crippen LogP contribution in [0.2, 0.25) is 0 Å². The maximum atomic E-state index is 13.0. The number of hydrogen-bond donors (Lipinski definition) is 3. The number of aliphatic carboxylic acids is 2. The van der Waals surface area contributed by atoms with Crippen LogP contribution in [0.5, 0.6) is 0 Å². The summed E-state index contributed by atoms with van der Waals surface area (Å²) in [5.41, 5.74) is 1.48. The summed E-state index contributed by atoms with van der Waals surface area (Å²) in [5.74, 6) is -2.56. The second-order valence-electron chi connectivity index (χ2n) is 6.79. The van der Waals surface area contributed by atoms with Gasteiger partial charge < -0.3 is 15.1 Å². The Morgan fingerprint density at radius 2 is 1.93 bits per heavy atom. The zero-order valence-corrected chi connectivity index (χ0v) is 16.2. The van der Waals surface area contributed by atoms with Crippen LogP contribution in [0.1, 0.15) is 29.0 Å². The maximum absolute atomic E-state index is 13.0. The predicted molar refractivity (Wildman–Crippen MR) is 104 cm³/mol. The van der Waals surface area contributed by atoms with Crippen molar-refractivity contribution in [3.63, 3.8) is 0 Å². The molecule has 28 heavy (non-hydrogen) atoms. The number of rotatable bonds is 7. The van der Waals surface area contributed by atoms with E-state index in [4.69, 9.17) is 0 Å². The molecule has 0 radical (unpaired) electrons. The fourth-order valence-corrected chi connectivity index (χ4v) is 4.41. The third kappa shape index (κ3) is 4.23. The lowest BCUT2D eigenvalue weighted by atomic mass is 9.98. The van der Waals surface area contributed by atoms with E-state index in [2.05, 4.69) is 5.32 Å². The Morgan fingerprint density at radius 1 is 1.21 bits per heavy atom. The summed E-state index contributed by atoms with van der Waals surface area (Å²) < 4.78 is 0. The van der Waals surface area contributed by atoms with Gasteiger partial charge in [0.1, 0.15) is 6.04 Å². The molecule has 2 heterocycles. The third-order valence-electron chi connectivity index (χ3n) is 4.89. The van der Waals surface area contributed by atoms with E-state index in [1.165, 1.54) is 16.2 Å². The number of benzene rings is 1. The molecule has 0 saturated heterocycles. The monoisotopic (exact) mass is 402 g/mol. The molecule has 148 valence electrons. The molecule has 1 amide bonds. The Labute approximate surface area is 166 Å². The van der Waals surface area contributed by atoms with Crippen molar-refractivity contribution in [1.29, 1.82) is 0 Å². The van der Waals surface area contributed by atoms with Crippen LogP contribution in [0, 0.1) is 0 Å². The topological polar surface area (TPSA) is 107 Å². The second-order valence-corrected chi connectivity index (χ2v) is 7.79. The Morgan fingerprint density at radius 3 is 2.57 bits per heavy atom. The lowest BCUT2D eigenvalue weighted by Gasteiger charge is -2.35. The number of amides is 1. The molecule has 7 nitrogen and oxygen atoms in total. The number of carbonyl (C=O) groups is 3. The molecule has 0 spiro atoms. The van der Waals surface area contributed by atoms with E-state index < -0.39 is 36.0 Å². The Kier molecular flexibility index (Phi) is 6.11. The van der Waals surface area contributed by atoms with E-state index >= 15 is 0 Å². The standard InChI is InChI=1S/C20H22N2O5S/c1-12(21-15(19(24)25)11-13-5-3-2-4-6-13)18(23)22-9-7-16-14(8-10-28-16)17(22)20(26)27/h2-6,8,10,12,15,17,21H,7,9,11H2,1H3,(H,24,25)(H,26,27). The van der Waals surface area contributed by atoms with Gasteiger partial charge >= 0.3 is 11.9 Å². The average molecular weight is 402 g/mol. The molecule has 1 aromatic carbocycles. The van der Waals surface area contributed by atoms with Crippen LogP contribution in [0.25, 0.3) is 0 Å². The fraction of sp³-hybridized carbons (Fsp3) is 0.350. The highest BCUT2D eigenvalue weighted by molar-refractivity contribution is 7.10. The summed E-state index contributed by atoms with van der Waals surface area (Å²) >= 11 is 1.49. The first-order chi connectivity index (χ1) is 13.4. The highest BCUT2D eigenvalue weighted by atomic mass is 32.1. The molecule has 0 bridgehead atoms. The van der Waals surface area contributed by atoms with Gasteiger partial charge in [-0.05, 0) is 42.3 Å². The highest BCUT2D eigenvalue weighted by Gasteiger charge is 2.38. The van der Waals surface area contributed by atoms with Crippen molar-refractivity contribution >= 4 is 29.2 Å². The number of hydrogen-bond acceptors (Lipinski definition) is 5. The van der Waals surface area contributed by atoms with Gasteiger partial charge in [0.25, 0.3) is 0 Å². The summed E-state index contributed by atoms with van der Waals surface area (Å²) in [6.45, 7) is 1.87. The predicted octanol–water partition coefficient (Wildman–Crippen LogP) is 1.93. The zero-order chi connectivity index (χ0) is 20.3. The SMILES string of the molecule is CC(NC(Cc1ccccc1)C(=O)O)C(=O)N1CCc2sccc2C1C(=O)O. The van der Waals surface area contributed by atoms with Gasteiger partial charge in [-0.2, -0.15) is 0 Å². The van der Waals surface area contributed by atoms with Gasteiger partial charge in [0, 0.05) is 11.4 Å². The number of nitrogens with zero attached hydrogens (tertiary/aromatic N) is 1. The van der Waals surface area contributed by atoms with Crippen LogP contribution in [0.3, 0.4) is 0 Å². The summed E-state index contributed by atoms with van der Waals surface area (Å²) in [6, 6.07) is 8.08. The largest absolute Gasteiger partial charge is 0.480 e. The van der Waals surface area contributed by atoms with Crippen molar-refractivity contribution in [1.82, 2.24) is 10.2 Å². The molecular weight excluding hydrogens is 380 g/mol. The first-order valence-electron chi connectivity index (χ1n) is 9.00. The molecular formula is C20H22N2O5S. The number of carboxylic acids is 2. The maximum Gasteiger partial charge on any atom is 0.331 e. The fourth-order valence-electron chi connectivity index (χ4n) is 3.51. The normalized spacial score (nSPS) is 18.2. The lowest BCUT2D eigenvalue weighted by Crippen LogP contribution is -2.54. The van der Waals surface area contributed by atoms with Crippen molar-refractivity contribution in [2.24, 2.45) is 0 Å². The Bertz CT molecular complexity index is 866. The van der Waals surface area contributed by atoms with Crippen molar-refractivity contribution in [2.75, 3.05) is 6.54 Å². The van der Waals surface area contributed by atoms with Gasteiger partial charge in [0.2, 0.25) is 5.91 Å². The van der Waals surface area contributed by atoms with E-state index in [1.54, 1.807) is 13.0 Å². The molecule has 8 heteroatoms. The van der Waals surface area contributed by atoms with E-state index in [-0.39, 0.29) is 6.42 Å². The Hall–Kier alpha value is -2.71. The minimum absolute atomic E-state index is 0.227. The van der Waals surface area contributed by atoms with Gasteiger partial charge in [-0.3, -0.25) is 14.9 Å². The number of thiophene rings is 1. The van der Waals surface area contributed by atoms with Crippen LogP contribution in [0.15, 0.2) is 41.8 Å². The molecule has 3 atom stereocenters. The molecule has 1 aliphatic rings. The second kappa shape index (κ2) is 8.53. The molecule has 0 fully saturated rings. The molecule has 3 N–H and O–H groups in total. The van der Waals surface area contributed by atoms with Gasteiger partial charge in [0.15, 0.2) is 6.04 Å². The minimum atomic E-state index is -1.08. The van der Waals surface area contributed by atoms with Crippen molar-refractivity contribution in [3.05, 3.63) is 57.8 Å². The van der Waals surface area contributed by atoms with Crippen LogP contribution >= 0.6 is 11.3 Å². The number of fused-ring (bicyclic) bond motifs is 1. The summed E-state index contributed by atoms with van der Waals surface area (Å²) in [6.07, 6.45) is 0.826. The summed E-state index contributed by atoms with van der Waals surface area (Å²) in [5, 5.41) is 23.9. The van der Waals surface area contributed by atoms with E-state index in [9.17, 15) is 24.6 Å². The molecule has 1 aliphatic heterocycles. The zero-order valence-electron chi connectivity index (χ0n) is 15.4. The summed E-state index contributed by atoms with van der Waals surface area (Å²) in [7, 11) is 0. The summed E-state index contributed by atoms with van der Waals surface area (Å²) in [4.78, 5) is 38.8. The lowest BCUT2D eigenvalue weighted by molar-refractivity contribution is -0.152. The van der Waals surface area contributed by atoms with Crippen LogP contribution in [-0.4, -0.2) is 51.6 Å². The average Bonchev–Trinajstić information content (AvgIpc) is 3.15. The van der Waals surface area contributed by atoms with Crippen LogP contribution in [-0.2, 0) is 27.2 Å². The van der Waals surface area contributed by atoms with Gasteiger partial charge in [0.05, 0.1) is 6.04 Å². The van der Waals surface area contributed by atoms with E-state index in [0.717, 1.165) is 10.4 Å². The minimum Gasteiger partial charge on any atom is -0.480 e. The first-order valence-corrected chi connectivity index (χ1v) is 9.88. The van der Waals surface area contributed by atoms with E-state index in [0.29, 0.717) is 18.5 Å². The van der Waals surface area contributed by atoms with Gasteiger partial charge in [-0.1, -0.05) is 30.3 Å². The molecule has 0 saturated carbocycles. The molecule has 0 aliphatic carbocycles. The number of nitrogens with one attached hydrogen (secondary N) is 1. The van der Waals surface area contributed by atoms with Crippen LogP contribution < -0.4 is 5.32 Å². The van der Waals surface area contributed by atoms with Gasteiger partial charge in [-0.15, -0.1) is 11.3 Å². The van der Waals surface area contributed by atoms with E-state index in [1.807, 2.05) is 35.7 Å². The Balaban J connectivity index is 1.74.